The summed E-state index contributed by atoms with van der Waals surface area (Å²) in [6, 6.07) is 7.63. The van der Waals surface area contributed by atoms with Gasteiger partial charge in [-0.15, -0.1) is 11.3 Å². The molecule has 0 spiro atoms. The monoisotopic (exact) mass is 329 g/mol. The lowest BCUT2D eigenvalue weighted by molar-refractivity contribution is 0.217. The molecular formula is C17H19N3O2S. The molecule has 0 atom stereocenters. The number of aromatic nitrogens is 1. The number of rotatable bonds is 4. The summed E-state index contributed by atoms with van der Waals surface area (Å²) in [4.78, 5) is 19.5. The molecule has 2 amide bonds. The highest BCUT2D eigenvalue weighted by Crippen LogP contribution is 2.26. The predicted molar refractivity (Wildman–Crippen MR) is 92.9 cm³/mol. The van der Waals surface area contributed by atoms with Crippen molar-refractivity contribution in [3.05, 3.63) is 46.8 Å². The van der Waals surface area contributed by atoms with E-state index in [1.807, 2.05) is 6.92 Å². The Labute approximate surface area is 139 Å². The molecule has 3 rings (SSSR count). The maximum absolute atomic E-state index is 12.3. The van der Waals surface area contributed by atoms with Crippen LogP contribution in [0.3, 0.4) is 0 Å². The Balaban J connectivity index is 1.57. The van der Waals surface area contributed by atoms with Crippen LogP contribution in [0.15, 0.2) is 41.9 Å². The van der Waals surface area contributed by atoms with Crippen molar-refractivity contribution < 1.29 is 9.53 Å². The number of anilines is 1. The fourth-order valence-electron chi connectivity index (χ4n) is 2.43. The smallest absolute Gasteiger partial charge is 0.322 e. The molecule has 0 aliphatic carbocycles. The van der Waals surface area contributed by atoms with Gasteiger partial charge in [0.1, 0.15) is 0 Å². The maximum Gasteiger partial charge on any atom is 0.322 e. The number of amides is 2. The standard InChI is InChI=1S/C17H19N3O2S/c1-2-22-16-6-5-14(12-18-16)19-17(21)20-9-7-13(8-10-20)15-4-3-11-23-15/h3-7,11-12H,2,8-10H2,1H3,(H,19,21). The van der Waals surface area contributed by atoms with Crippen molar-refractivity contribution in [2.45, 2.75) is 13.3 Å². The number of carbonyl (C=O) groups excluding carboxylic acids is 1. The summed E-state index contributed by atoms with van der Waals surface area (Å²) in [5.74, 6) is 0.562. The van der Waals surface area contributed by atoms with Crippen molar-refractivity contribution in [2.75, 3.05) is 25.0 Å². The van der Waals surface area contributed by atoms with Crippen LogP contribution in [-0.2, 0) is 0 Å². The Morgan fingerprint density at radius 1 is 1.43 bits per heavy atom. The van der Waals surface area contributed by atoms with Crippen LogP contribution in [0.4, 0.5) is 10.5 Å². The van der Waals surface area contributed by atoms with Crippen molar-refractivity contribution in [1.82, 2.24) is 9.88 Å². The van der Waals surface area contributed by atoms with Gasteiger partial charge in [-0.2, -0.15) is 0 Å². The Morgan fingerprint density at radius 3 is 2.96 bits per heavy atom. The van der Waals surface area contributed by atoms with Gasteiger partial charge in [0.05, 0.1) is 18.5 Å². The Bertz CT molecular complexity index is 680. The van der Waals surface area contributed by atoms with Gasteiger partial charge >= 0.3 is 6.03 Å². The van der Waals surface area contributed by atoms with Crippen molar-refractivity contribution in [3.8, 4) is 5.88 Å². The highest BCUT2D eigenvalue weighted by molar-refractivity contribution is 7.11. The number of urea groups is 1. The number of ether oxygens (including phenoxy) is 1. The van der Waals surface area contributed by atoms with Crippen LogP contribution in [0.25, 0.3) is 5.57 Å². The molecule has 0 saturated carbocycles. The van der Waals surface area contributed by atoms with E-state index in [1.165, 1.54) is 10.5 Å². The van der Waals surface area contributed by atoms with Crippen LogP contribution in [0.2, 0.25) is 0 Å². The molecule has 0 radical (unpaired) electrons. The second-order valence-corrected chi connectivity index (χ2v) is 6.10. The molecule has 6 heteroatoms. The van der Waals surface area contributed by atoms with Crippen LogP contribution in [0.1, 0.15) is 18.2 Å². The molecule has 0 fully saturated rings. The van der Waals surface area contributed by atoms with E-state index >= 15 is 0 Å². The summed E-state index contributed by atoms with van der Waals surface area (Å²) in [6.45, 7) is 3.83. The Morgan fingerprint density at radius 2 is 2.35 bits per heavy atom. The number of hydrogen-bond acceptors (Lipinski definition) is 4. The molecule has 0 bridgehead atoms. The lowest BCUT2D eigenvalue weighted by Crippen LogP contribution is -2.37. The van der Waals surface area contributed by atoms with Gasteiger partial charge in [-0.1, -0.05) is 12.1 Å². The minimum Gasteiger partial charge on any atom is -0.478 e. The normalized spacial score (nSPS) is 14.3. The third-order valence-electron chi connectivity index (χ3n) is 3.61. The number of hydrogen-bond donors (Lipinski definition) is 1. The van der Waals surface area contributed by atoms with Gasteiger partial charge < -0.3 is 15.0 Å². The van der Waals surface area contributed by atoms with Crippen LogP contribution in [0, 0.1) is 0 Å². The van der Waals surface area contributed by atoms with E-state index in [9.17, 15) is 4.79 Å². The van der Waals surface area contributed by atoms with Gasteiger partial charge in [-0.3, -0.25) is 0 Å². The second-order valence-electron chi connectivity index (χ2n) is 5.15. The SMILES string of the molecule is CCOc1ccc(NC(=O)N2CC=C(c3cccs3)CC2)cn1. The summed E-state index contributed by atoms with van der Waals surface area (Å²) in [5.41, 5.74) is 2.00. The number of thiophene rings is 1. The molecule has 3 heterocycles. The fraction of sp³-hybridized carbons (Fsp3) is 0.294. The molecule has 0 unspecified atom stereocenters. The van der Waals surface area contributed by atoms with Crippen LogP contribution >= 0.6 is 11.3 Å². The van der Waals surface area contributed by atoms with Gasteiger partial charge in [-0.05, 0) is 36.4 Å². The average molecular weight is 329 g/mol. The maximum atomic E-state index is 12.3. The first-order valence-corrected chi connectivity index (χ1v) is 8.52. The van der Waals surface area contributed by atoms with Crippen LogP contribution < -0.4 is 10.1 Å². The number of carbonyl (C=O) groups is 1. The number of pyridine rings is 1. The van der Waals surface area contributed by atoms with Gasteiger partial charge in [0, 0.05) is 24.0 Å². The molecule has 2 aromatic rings. The van der Waals surface area contributed by atoms with Gasteiger partial charge in [0.15, 0.2) is 0 Å². The van der Waals surface area contributed by atoms with E-state index in [2.05, 4.69) is 33.9 Å². The second kappa shape index (κ2) is 7.28. The van der Waals surface area contributed by atoms with E-state index in [0.29, 0.717) is 24.7 Å². The van der Waals surface area contributed by atoms with Crippen molar-refractivity contribution in [3.63, 3.8) is 0 Å². The van der Waals surface area contributed by atoms with Crippen molar-refractivity contribution in [2.24, 2.45) is 0 Å². The lowest BCUT2D eigenvalue weighted by atomic mass is 10.1. The zero-order valence-electron chi connectivity index (χ0n) is 13.0. The Kier molecular flexibility index (Phi) is 4.92. The highest BCUT2D eigenvalue weighted by atomic mass is 32.1. The number of nitrogens with one attached hydrogen (secondary N) is 1. The highest BCUT2D eigenvalue weighted by Gasteiger charge is 2.18. The fourth-order valence-corrected chi connectivity index (χ4v) is 3.23. The zero-order valence-corrected chi connectivity index (χ0v) is 13.8. The topological polar surface area (TPSA) is 54.5 Å². The summed E-state index contributed by atoms with van der Waals surface area (Å²) >= 11 is 1.74. The van der Waals surface area contributed by atoms with E-state index in [1.54, 1.807) is 34.6 Å². The molecule has 120 valence electrons. The molecule has 1 aliphatic heterocycles. The van der Waals surface area contributed by atoms with E-state index in [-0.39, 0.29) is 6.03 Å². The minimum absolute atomic E-state index is 0.0996. The van der Waals surface area contributed by atoms with E-state index in [0.717, 1.165) is 13.0 Å². The predicted octanol–water partition coefficient (Wildman–Crippen LogP) is 3.86. The molecule has 5 nitrogen and oxygen atoms in total. The van der Waals surface area contributed by atoms with Crippen molar-refractivity contribution >= 4 is 28.6 Å². The molecule has 23 heavy (non-hydrogen) atoms. The first kappa shape index (κ1) is 15.6. The molecule has 2 aromatic heterocycles. The first-order chi connectivity index (χ1) is 11.3. The first-order valence-electron chi connectivity index (χ1n) is 7.64. The summed E-state index contributed by atoms with van der Waals surface area (Å²) < 4.78 is 5.29. The van der Waals surface area contributed by atoms with Crippen LogP contribution in [0.5, 0.6) is 5.88 Å². The molecule has 0 saturated heterocycles. The quantitative estimate of drug-likeness (QED) is 0.926. The van der Waals surface area contributed by atoms with Crippen LogP contribution in [-0.4, -0.2) is 35.6 Å². The minimum atomic E-state index is -0.0996. The zero-order chi connectivity index (χ0) is 16.1. The summed E-state index contributed by atoms with van der Waals surface area (Å²) in [7, 11) is 0. The van der Waals surface area contributed by atoms with Gasteiger partial charge in [0.25, 0.3) is 0 Å². The number of nitrogens with zero attached hydrogens (tertiary/aromatic N) is 2. The largest absolute Gasteiger partial charge is 0.478 e. The summed E-state index contributed by atoms with van der Waals surface area (Å²) in [5, 5.41) is 4.95. The van der Waals surface area contributed by atoms with Crippen molar-refractivity contribution in [1.29, 1.82) is 0 Å². The molecular weight excluding hydrogens is 310 g/mol. The molecule has 1 N–H and O–H groups in total. The van der Waals surface area contributed by atoms with Gasteiger partial charge in [-0.25, -0.2) is 9.78 Å². The van der Waals surface area contributed by atoms with E-state index < -0.39 is 0 Å². The molecule has 1 aliphatic rings. The van der Waals surface area contributed by atoms with E-state index in [4.69, 9.17) is 4.74 Å². The average Bonchev–Trinajstić information content (AvgIpc) is 3.11. The third-order valence-corrected chi connectivity index (χ3v) is 4.56. The van der Waals surface area contributed by atoms with Gasteiger partial charge in [0.2, 0.25) is 5.88 Å². The summed E-state index contributed by atoms with van der Waals surface area (Å²) in [6.07, 6.45) is 4.63. The lowest BCUT2D eigenvalue weighted by Gasteiger charge is -2.26. The molecule has 0 aromatic carbocycles. The Hall–Kier alpha value is -2.34. The third kappa shape index (κ3) is 3.90.